The number of aryl methyl sites for hydroxylation is 2. The van der Waals surface area contributed by atoms with Crippen molar-refractivity contribution in [2.45, 2.75) is 39.0 Å². The van der Waals surface area contributed by atoms with Crippen molar-refractivity contribution in [1.29, 1.82) is 0 Å². The Labute approximate surface area is 123 Å². The van der Waals surface area contributed by atoms with E-state index in [9.17, 15) is 0 Å². The number of piperidine rings is 1. The van der Waals surface area contributed by atoms with Crippen LogP contribution in [0.5, 0.6) is 0 Å². The molecule has 0 bridgehead atoms. The zero-order valence-corrected chi connectivity index (χ0v) is 12.6. The van der Waals surface area contributed by atoms with E-state index < -0.39 is 0 Å². The molecule has 3 heterocycles. The van der Waals surface area contributed by atoms with Gasteiger partial charge >= 0.3 is 0 Å². The Morgan fingerprint density at radius 2 is 2.00 bits per heavy atom. The quantitative estimate of drug-likeness (QED) is 0.855. The first kappa shape index (κ1) is 14.2. The number of rotatable bonds is 4. The third-order valence-electron chi connectivity index (χ3n) is 4.00. The molecular formula is C14H20N4O3. The summed E-state index contributed by atoms with van der Waals surface area (Å²) in [5, 5.41) is 10.1. The molecule has 0 radical (unpaired) electrons. The largest absolute Gasteiger partial charge is 0.361 e. The number of aromatic nitrogens is 3. The first-order valence-corrected chi connectivity index (χ1v) is 7.31. The number of hydrogen-bond acceptors (Lipinski definition) is 7. The Morgan fingerprint density at radius 3 is 2.67 bits per heavy atom. The summed E-state index contributed by atoms with van der Waals surface area (Å²) in [5.74, 6) is 2.30. The lowest BCUT2D eigenvalue weighted by molar-refractivity contribution is -0.144. The molecule has 7 heteroatoms. The first-order valence-electron chi connectivity index (χ1n) is 7.31. The van der Waals surface area contributed by atoms with Gasteiger partial charge in [-0.05, 0) is 26.2 Å². The summed E-state index contributed by atoms with van der Waals surface area (Å²) in [4.78, 5) is 9.79. The standard InChI is InChI=1S/C14H20N4O3/c1-4-11-12(9(2)20-16-11)13-15-14(21-17-13)10-5-7-18(19-3)8-6-10/h10H,4-8H2,1-3H3. The summed E-state index contributed by atoms with van der Waals surface area (Å²) >= 11 is 0. The molecule has 114 valence electrons. The van der Waals surface area contributed by atoms with E-state index in [1.807, 2.05) is 18.9 Å². The Kier molecular flexibility index (Phi) is 4.03. The van der Waals surface area contributed by atoms with Gasteiger partial charge in [-0.15, -0.1) is 0 Å². The molecule has 0 unspecified atom stereocenters. The number of nitrogens with zero attached hydrogens (tertiary/aromatic N) is 4. The smallest absolute Gasteiger partial charge is 0.230 e. The van der Waals surface area contributed by atoms with Crippen molar-refractivity contribution < 1.29 is 13.9 Å². The van der Waals surface area contributed by atoms with E-state index >= 15 is 0 Å². The predicted octanol–water partition coefficient (Wildman–Crippen LogP) is 2.34. The molecule has 1 aliphatic heterocycles. The van der Waals surface area contributed by atoms with Gasteiger partial charge < -0.3 is 13.9 Å². The van der Waals surface area contributed by atoms with Gasteiger partial charge in [0.15, 0.2) is 0 Å². The van der Waals surface area contributed by atoms with E-state index in [-0.39, 0.29) is 0 Å². The summed E-state index contributed by atoms with van der Waals surface area (Å²) in [6.07, 6.45) is 2.69. The van der Waals surface area contributed by atoms with Crippen LogP contribution in [0.4, 0.5) is 0 Å². The second kappa shape index (κ2) is 5.95. The van der Waals surface area contributed by atoms with Gasteiger partial charge in [-0.1, -0.05) is 17.2 Å². The van der Waals surface area contributed by atoms with Crippen LogP contribution in [0.2, 0.25) is 0 Å². The molecule has 0 aromatic carbocycles. The molecule has 0 spiro atoms. The first-order chi connectivity index (χ1) is 10.2. The van der Waals surface area contributed by atoms with E-state index in [0.717, 1.165) is 49.4 Å². The monoisotopic (exact) mass is 292 g/mol. The maximum Gasteiger partial charge on any atom is 0.230 e. The second-order valence-corrected chi connectivity index (χ2v) is 5.26. The van der Waals surface area contributed by atoms with Crippen LogP contribution < -0.4 is 0 Å². The third kappa shape index (κ3) is 2.71. The minimum absolute atomic E-state index is 0.294. The Morgan fingerprint density at radius 1 is 1.24 bits per heavy atom. The van der Waals surface area contributed by atoms with Crippen LogP contribution in [0.1, 0.15) is 43.0 Å². The molecule has 21 heavy (non-hydrogen) atoms. The fraction of sp³-hybridized carbons (Fsp3) is 0.643. The van der Waals surface area contributed by atoms with Crippen molar-refractivity contribution in [2.24, 2.45) is 0 Å². The lowest BCUT2D eigenvalue weighted by Crippen LogP contribution is -2.32. The molecule has 1 aliphatic rings. The average Bonchev–Trinajstić information content (AvgIpc) is 3.13. The lowest BCUT2D eigenvalue weighted by atomic mass is 9.98. The maximum atomic E-state index is 5.46. The summed E-state index contributed by atoms with van der Waals surface area (Å²) < 4.78 is 10.7. The van der Waals surface area contributed by atoms with Gasteiger partial charge in [0.25, 0.3) is 0 Å². The number of hydroxylamine groups is 2. The van der Waals surface area contributed by atoms with Gasteiger partial charge in [0.1, 0.15) is 5.76 Å². The van der Waals surface area contributed by atoms with Crippen molar-refractivity contribution in [2.75, 3.05) is 20.2 Å². The lowest BCUT2D eigenvalue weighted by Gasteiger charge is -2.27. The van der Waals surface area contributed by atoms with Crippen LogP contribution in [0.3, 0.4) is 0 Å². The minimum atomic E-state index is 0.294. The van der Waals surface area contributed by atoms with Crippen LogP contribution >= 0.6 is 0 Å². The topological polar surface area (TPSA) is 77.4 Å². The van der Waals surface area contributed by atoms with Crippen molar-refractivity contribution in [3.8, 4) is 11.4 Å². The highest BCUT2D eigenvalue weighted by Gasteiger charge is 2.27. The summed E-state index contributed by atoms with van der Waals surface area (Å²) in [6, 6.07) is 0. The summed E-state index contributed by atoms with van der Waals surface area (Å²) in [7, 11) is 1.70. The van der Waals surface area contributed by atoms with Gasteiger partial charge in [-0.2, -0.15) is 10.0 Å². The molecule has 2 aromatic rings. The van der Waals surface area contributed by atoms with Gasteiger partial charge in [-0.25, -0.2) is 0 Å². The van der Waals surface area contributed by atoms with E-state index in [1.54, 1.807) is 7.11 Å². The van der Waals surface area contributed by atoms with E-state index in [4.69, 9.17) is 13.9 Å². The Hall–Kier alpha value is -1.73. The van der Waals surface area contributed by atoms with Crippen LogP contribution in [0.15, 0.2) is 9.05 Å². The molecule has 2 aromatic heterocycles. The number of hydrogen-bond donors (Lipinski definition) is 0. The Balaban J connectivity index is 1.79. The van der Waals surface area contributed by atoms with Gasteiger partial charge in [0.2, 0.25) is 11.7 Å². The molecule has 0 saturated carbocycles. The highest BCUT2D eigenvalue weighted by molar-refractivity contribution is 5.59. The molecule has 0 N–H and O–H groups in total. The molecule has 3 rings (SSSR count). The highest BCUT2D eigenvalue weighted by Crippen LogP contribution is 2.30. The van der Waals surface area contributed by atoms with Crippen LogP contribution in [0, 0.1) is 6.92 Å². The van der Waals surface area contributed by atoms with Gasteiger partial charge in [-0.3, -0.25) is 0 Å². The van der Waals surface area contributed by atoms with Crippen LogP contribution in [0.25, 0.3) is 11.4 Å². The summed E-state index contributed by atoms with van der Waals surface area (Å²) in [5.41, 5.74) is 1.73. The van der Waals surface area contributed by atoms with Gasteiger partial charge in [0.05, 0.1) is 18.4 Å². The van der Waals surface area contributed by atoms with E-state index in [0.29, 0.717) is 17.6 Å². The average molecular weight is 292 g/mol. The van der Waals surface area contributed by atoms with Crippen LogP contribution in [-0.4, -0.2) is 40.6 Å². The van der Waals surface area contributed by atoms with Crippen molar-refractivity contribution in [3.63, 3.8) is 0 Å². The van der Waals surface area contributed by atoms with Crippen molar-refractivity contribution in [3.05, 3.63) is 17.3 Å². The fourth-order valence-corrected chi connectivity index (χ4v) is 2.73. The minimum Gasteiger partial charge on any atom is -0.361 e. The SMILES string of the molecule is CCc1noc(C)c1-c1noc(C2CCN(OC)CC2)n1. The van der Waals surface area contributed by atoms with Crippen molar-refractivity contribution in [1.82, 2.24) is 20.4 Å². The van der Waals surface area contributed by atoms with E-state index in [2.05, 4.69) is 15.3 Å². The van der Waals surface area contributed by atoms with Crippen molar-refractivity contribution >= 4 is 0 Å². The molecule has 7 nitrogen and oxygen atoms in total. The normalized spacial score (nSPS) is 17.5. The van der Waals surface area contributed by atoms with Gasteiger partial charge in [0, 0.05) is 19.0 Å². The molecule has 0 atom stereocenters. The highest BCUT2D eigenvalue weighted by atomic mass is 16.7. The van der Waals surface area contributed by atoms with E-state index in [1.165, 1.54) is 0 Å². The third-order valence-corrected chi connectivity index (χ3v) is 4.00. The molecular weight excluding hydrogens is 272 g/mol. The second-order valence-electron chi connectivity index (χ2n) is 5.26. The molecule has 1 fully saturated rings. The summed E-state index contributed by atoms with van der Waals surface area (Å²) in [6.45, 7) is 5.66. The zero-order valence-electron chi connectivity index (χ0n) is 12.6. The predicted molar refractivity (Wildman–Crippen MR) is 74.5 cm³/mol. The molecule has 1 saturated heterocycles. The maximum absolute atomic E-state index is 5.46. The van der Waals surface area contributed by atoms with Crippen LogP contribution in [-0.2, 0) is 11.3 Å². The fourth-order valence-electron chi connectivity index (χ4n) is 2.73. The zero-order chi connectivity index (χ0) is 14.8. The Bertz CT molecular complexity index is 599. The molecule has 0 aliphatic carbocycles. The molecule has 0 amide bonds.